The van der Waals surface area contributed by atoms with E-state index >= 15 is 0 Å². The molecule has 1 aliphatic heterocycles. The summed E-state index contributed by atoms with van der Waals surface area (Å²) in [6.07, 6.45) is 2.50. The van der Waals surface area contributed by atoms with Crippen LogP contribution in [0, 0.1) is 16.0 Å². The summed E-state index contributed by atoms with van der Waals surface area (Å²) in [5.74, 6) is 0.706. The number of piperidine rings is 1. The molecular formula is C12H20ClN3O2S. The maximum Gasteiger partial charge on any atom is 0.324 e. The first-order valence-corrected chi connectivity index (χ1v) is 7.15. The zero-order valence-electron chi connectivity index (χ0n) is 11.0. The van der Waals surface area contributed by atoms with Gasteiger partial charge in [-0.25, -0.2) is 0 Å². The number of likely N-dealkylation sites (tertiary alicyclic amines) is 1. The van der Waals surface area contributed by atoms with Crippen LogP contribution in [-0.4, -0.2) is 36.5 Å². The Hall–Kier alpha value is -0.690. The largest absolute Gasteiger partial charge is 0.324 e. The Morgan fingerprint density at radius 1 is 1.63 bits per heavy atom. The number of hydrogen-bond donors (Lipinski definition) is 1. The van der Waals surface area contributed by atoms with E-state index in [0.29, 0.717) is 5.92 Å². The summed E-state index contributed by atoms with van der Waals surface area (Å²) >= 11 is 1.22. The van der Waals surface area contributed by atoms with Crippen molar-refractivity contribution in [2.75, 3.05) is 26.7 Å². The van der Waals surface area contributed by atoms with Crippen LogP contribution in [0.3, 0.4) is 0 Å². The fourth-order valence-corrected chi connectivity index (χ4v) is 3.27. The van der Waals surface area contributed by atoms with Crippen molar-refractivity contribution in [1.82, 2.24) is 10.2 Å². The molecule has 2 heterocycles. The van der Waals surface area contributed by atoms with Gasteiger partial charge in [0.2, 0.25) is 0 Å². The van der Waals surface area contributed by atoms with Gasteiger partial charge in [-0.2, -0.15) is 0 Å². The monoisotopic (exact) mass is 305 g/mol. The van der Waals surface area contributed by atoms with Crippen molar-refractivity contribution >= 4 is 28.7 Å². The highest BCUT2D eigenvalue weighted by Crippen LogP contribution is 2.25. The normalized spacial score (nSPS) is 19.9. The number of rotatable bonds is 5. The van der Waals surface area contributed by atoms with E-state index in [9.17, 15) is 10.1 Å². The van der Waals surface area contributed by atoms with Crippen molar-refractivity contribution < 1.29 is 4.92 Å². The quantitative estimate of drug-likeness (QED) is 0.671. The van der Waals surface area contributed by atoms with Crippen molar-refractivity contribution in [3.8, 4) is 0 Å². The van der Waals surface area contributed by atoms with Crippen LogP contribution in [-0.2, 0) is 6.54 Å². The number of thiophene rings is 1. The van der Waals surface area contributed by atoms with E-state index < -0.39 is 0 Å². The van der Waals surface area contributed by atoms with E-state index in [-0.39, 0.29) is 22.3 Å². The molecule has 1 aliphatic rings. The van der Waals surface area contributed by atoms with E-state index in [4.69, 9.17) is 0 Å². The van der Waals surface area contributed by atoms with Crippen LogP contribution in [0.1, 0.15) is 18.4 Å². The van der Waals surface area contributed by atoms with E-state index in [1.165, 1.54) is 24.2 Å². The fourth-order valence-electron chi connectivity index (χ4n) is 2.55. The second-order valence-corrected chi connectivity index (χ2v) is 5.74. The summed E-state index contributed by atoms with van der Waals surface area (Å²) in [5.41, 5.74) is 1.07. The fraction of sp³-hybridized carbons (Fsp3) is 0.667. The summed E-state index contributed by atoms with van der Waals surface area (Å²) in [7, 11) is 1.99. The molecule has 7 heteroatoms. The van der Waals surface area contributed by atoms with Crippen molar-refractivity contribution in [1.29, 1.82) is 0 Å². The predicted octanol–water partition coefficient (Wildman–Crippen LogP) is 2.51. The lowest BCUT2D eigenvalue weighted by molar-refractivity contribution is -0.380. The topological polar surface area (TPSA) is 58.4 Å². The van der Waals surface area contributed by atoms with Crippen LogP contribution < -0.4 is 5.32 Å². The molecule has 1 saturated heterocycles. The Bertz CT molecular complexity index is 411. The number of nitrogens with zero attached hydrogens (tertiary/aromatic N) is 2. The zero-order valence-corrected chi connectivity index (χ0v) is 12.6. The molecule has 0 aliphatic carbocycles. The molecule has 1 fully saturated rings. The second kappa shape index (κ2) is 7.79. The van der Waals surface area contributed by atoms with Gasteiger partial charge in [-0.3, -0.25) is 15.0 Å². The first-order chi connectivity index (χ1) is 8.69. The van der Waals surface area contributed by atoms with E-state index in [2.05, 4.69) is 10.2 Å². The molecule has 5 nitrogen and oxygen atoms in total. The highest BCUT2D eigenvalue weighted by atomic mass is 35.5. The van der Waals surface area contributed by atoms with Gasteiger partial charge in [0.05, 0.1) is 4.92 Å². The Morgan fingerprint density at radius 2 is 2.42 bits per heavy atom. The Balaban J connectivity index is 0.00000180. The van der Waals surface area contributed by atoms with Crippen LogP contribution >= 0.6 is 23.7 Å². The molecule has 1 atom stereocenters. The number of nitrogens with one attached hydrogen (secondary N) is 1. The molecule has 19 heavy (non-hydrogen) atoms. The zero-order chi connectivity index (χ0) is 13.0. The van der Waals surface area contributed by atoms with Crippen molar-refractivity contribution in [3.05, 3.63) is 27.1 Å². The summed E-state index contributed by atoms with van der Waals surface area (Å²) in [6, 6.07) is 1.70. The first-order valence-electron chi connectivity index (χ1n) is 6.28. The van der Waals surface area contributed by atoms with Crippen LogP contribution in [0.15, 0.2) is 11.4 Å². The highest BCUT2D eigenvalue weighted by molar-refractivity contribution is 7.13. The van der Waals surface area contributed by atoms with Gasteiger partial charge in [0, 0.05) is 24.5 Å². The van der Waals surface area contributed by atoms with Crippen molar-refractivity contribution in [2.45, 2.75) is 19.4 Å². The average molecular weight is 306 g/mol. The summed E-state index contributed by atoms with van der Waals surface area (Å²) in [4.78, 5) is 12.7. The molecule has 1 unspecified atom stereocenters. The Labute approximate surface area is 123 Å². The minimum Gasteiger partial charge on any atom is -0.319 e. The standard InChI is InChI=1S/C12H19N3O2S.ClH/c1-13-6-10-3-2-4-14(7-10)8-11-5-12(15(16)17)18-9-11;/h5,9-10,13H,2-4,6-8H2,1H3;1H. The van der Waals surface area contributed by atoms with Gasteiger partial charge in [-0.1, -0.05) is 11.3 Å². The third-order valence-corrected chi connectivity index (χ3v) is 4.25. The number of halogens is 1. The lowest BCUT2D eigenvalue weighted by Crippen LogP contribution is -2.38. The molecule has 1 N–H and O–H groups in total. The molecule has 2 rings (SSSR count). The predicted molar refractivity (Wildman–Crippen MR) is 80.1 cm³/mol. The van der Waals surface area contributed by atoms with Gasteiger partial charge in [0.1, 0.15) is 0 Å². The van der Waals surface area contributed by atoms with Gasteiger partial charge in [-0.05, 0) is 44.5 Å². The molecule has 108 valence electrons. The van der Waals surface area contributed by atoms with Crippen molar-refractivity contribution in [2.24, 2.45) is 5.92 Å². The van der Waals surface area contributed by atoms with Gasteiger partial charge in [-0.15, -0.1) is 12.4 Å². The second-order valence-electron chi connectivity index (χ2n) is 4.85. The Kier molecular flexibility index (Phi) is 6.71. The molecule has 1 aromatic rings. The third kappa shape index (κ3) is 4.72. The third-order valence-electron chi connectivity index (χ3n) is 3.32. The molecular weight excluding hydrogens is 286 g/mol. The van der Waals surface area contributed by atoms with Gasteiger partial charge < -0.3 is 5.32 Å². The highest BCUT2D eigenvalue weighted by Gasteiger charge is 2.20. The molecule has 0 radical (unpaired) electrons. The lowest BCUT2D eigenvalue weighted by atomic mass is 9.98. The molecule has 0 spiro atoms. The Morgan fingerprint density at radius 3 is 3.05 bits per heavy atom. The first kappa shape index (κ1) is 16.4. The number of hydrogen-bond acceptors (Lipinski definition) is 5. The summed E-state index contributed by atoms with van der Waals surface area (Å²) < 4.78 is 0. The van der Waals surface area contributed by atoms with Crippen LogP contribution in [0.4, 0.5) is 5.00 Å². The number of nitro groups is 1. The maximum atomic E-state index is 10.6. The average Bonchev–Trinajstić information content (AvgIpc) is 2.78. The van der Waals surface area contributed by atoms with Crippen LogP contribution in [0.2, 0.25) is 0 Å². The van der Waals surface area contributed by atoms with Crippen LogP contribution in [0.25, 0.3) is 0 Å². The minimum atomic E-state index is -0.311. The van der Waals surface area contributed by atoms with Crippen molar-refractivity contribution in [3.63, 3.8) is 0 Å². The lowest BCUT2D eigenvalue weighted by Gasteiger charge is -2.32. The molecule has 0 amide bonds. The SMILES string of the molecule is CNCC1CCCN(Cc2csc([N+](=O)[O-])c2)C1.Cl. The van der Waals surface area contributed by atoms with Crippen LogP contribution in [0.5, 0.6) is 0 Å². The smallest absolute Gasteiger partial charge is 0.319 e. The van der Waals surface area contributed by atoms with Gasteiger partial charge >= 0.3 is 5.00 Å². The molecule has 0 saturated carbocycles. The van der Waals surface area contributed by atoms with Gasteiger partial charge in [0.25, 0.3) is 0 Å². The van der Waals surface area contributed by atoms with Gasteiger partial charge in [0.15, 0.2) is 0 Å². The molecule has 0 bridgehead atoms. The summed E-state index contributed by atoms with van der Waals surface area (Å²) in [5, 5.41) is 16.0. The minimum absolute atomic E-state index is 0. The van der Waals surface area contributed by atoms with E-state index in [1.54, 1.807) is 6.07 Å². The summed E-state index contributed by atoms with van der Waals surface area (Å²) in [6.45, 7) is 4.08. The maximum absolute atomic E-state index is 10.6. The van der Waals surface area contributed by atoms with E-state index in [0.717, 1.165) is 31.7 Å². The molecule has 0 aromatic carbocycles. The van der Waals surface area contributed by atoms with E-state index in [1.807, 2.05) is 12.4 Å². The molecule has 1 aromatic heterocycles.